The third-order valence-corrected chi connectivity index (χ3v) is 5.20. The molecule has 0 aliphatic carbocycles. The van der Waals surface area contributed by atoms with E-state index in [2.05, 4.69) is 0 Å². The predicted octanol–water partition coefficient (Wildman–Crippen LogP) is 4.20. The Labute approximate surface area is 150 Å². The van der Waals surface area contributed by atoms with Crippen LogP contribution in [0.25, 0.3) is 0 Å². The van der Waals surface area contributed by atoms with Gasteiger partial charge in [0.2, 0.25) is 5.91 Å². The molecule has 0 radical (unpaired) electrons. The molecule has 1 saturated heterocycles. The van der Waals surface area contributed by atoms with E-state index < -0.39 is 12.0 Å². The first kappa shape index (κ1) is 17.0. The molecule has 6 heteroatoms. The van der Waals surface area contributed by atoms with Crippen LogP contribution in [0.1, 0.15) is 35.7 Å². The smallest absolute Gasteiger partial charge is 0.333 e. The molecule has 0 N–H and O–H groups in total. The van der Waals surface area contributed by atoms with Crippen LogP contribution in [0.2, 0.25) is 4.34 Å². The number of hydrogen-bond acceptors (Lipinski definition) is 4. The van der Waals surface area contributed by atoms with Crippen LogP contribution in [0.3, 0.4) is 0 Å². The number of esters is 1. The van der Waals surface area contributed by atoms with Crippen LogP contribution in [-0.4, -0.2) is 23.3 Å². The van der Waals surface area contributed by atoms with E-state index in [4.69, 9.17) is 16.3 Å². The van der Waals surface area contributed by atoms with Crippen molar-refractivity contribution in [3.05, 3.63) is 57.2 Å². The van der Waals surface area contributed by atoms with Crippen LogP contribution in [0, 0.1) is 0 Å². The van der Waals surface area contributed by atoms with Gasteiger partial charge in [-0.15, -0.1) is 11.3 Å². The van der Waals surface area contributed by atoms with Crippen molar-refractivity contribution in [1.82, 2.24) is 4.90 Å². The van der Waals surface area contributed by atoms with Crippen LogP contribution in [0.5, 0.6) is 0 Å². The summed E-state index contributed by atoms with van der Waals surface area (Å²) < 4.78 is 6.14. The summed E-state index contributed by atoms with van der Waals surface area (Å²) in [5.41, 5.74) is 0.780. The number of carbonyl (C=O) groups is 2. The first-order valence-corrected chi connectivity index (χ1v) is 9.10. The number of nitrogens with zero attached hydrogens (tertiary/aromatic N) is 1. The zero-order valence-corrected chi connectivity index (χ0v) is 14.7. The van der Waals surface area contributed by atoms with Crippen molar-refractivity contribution in [2.75, 3.05) is 6.54 Å². The maximum absolute atomic E-state index is 12.7. The van der Waals surface area contributed by atoms with Crippen LogP contribution < -0.4 is 0 Å². The number of ether oxygens (including phenoxy) is 1. The second-order valence-electron chi connectivity index (χ2n) is 5.67. The summed E-state index contributed by atoms with van der Waals surface area (Å²) in [7, 11) is 0. The average molecular weight is 364 g/mol. The summed E-state index contributed by atoms with van der Waals surface area (Å²) in [6.45, 7) is 0.750. The van der Waals surface area contributed by atoms with E-state index in [0.29, 0.717) is 17.3 Å². The Morgan fingerprint density at radius 1 is 1.21 bits per heavy atom. The van der Waals surface area contributed by atoms with Crippen molar-refractivity contribution in [3.8, 4) is 0 Å². The summed E-state index contributed by atoms with van der Waals surface area (Å²) in [6.07, 6.45) is 2.26. The number of hydrogen-bond donors (Lipinski definition) is 0. The normalized spacial score (nSPS) is 16.0. The fraction of sp³-hybridized carbons (Fsp3) is 0.333. The van der Waals surface area contributed by atoms with E-state index in [0.717, 1.165) is 23.3 Å². The summed E-state index contributed by atoms with van der Waals surface area (Å²) in [6, 6.07) is 12.3. The number of carbonyl (C=O) groups excluding carboxylic acids is 2. The van der Waals surface area contributed by atoms with Crippen LogP contribution >= 0.6 is 22.9 Å². The fourth-order valence-electron chi connectivity index (χ4n) is 2.83. The van der Waals surface area contributed by atoms with Crippen molar-refractivity contribution in [1.29, 1.82) is 0 Å². The minimum Gasteiger partial charge on any atom is -0.458 e. The standard InChI is InChI=1S/C18H18ClNO3S/c19-15-10-9-14(24-15)12-23-18(22)17(13-6-2-1-3-7-13)20-11-5-4-8-16(20)21/h1-3,6-7,9-10,17H,4-5,8,11-12H2. The van der Waals surface area contributed by atoms with Crippen molar-refractivity contribution >= 4 is 34.8 Å². The van der Waals surface area contributed by atoms with E-state index in [1.165, 1.54) is 11.3 Å². The first-order valence-electron chi connectivity index (χ1n) is 7.90. The maximum Gasteiger partial charge on any atom is 0.333 e. The highest BCUT2D eigenvalue weighted by molar-refractivity contribution is 7.16. The minimum absolute atomic E-state index is 0.00576. The molecule has 1 aromatic heterocycles. The van der Waals surface area contributed by atoms with Gasteiger partial charge in [-0.2, -0.15) is 0 Å². The Kier molecular flexibility index (Phi) is 5.53. The Morgan fingerprint density at radius 3 is 2.67 bits per heavy atom. The SMILES string of the molecule is O=C(OCc1ccc(Cl)s1)C(c1ccccc1)N1CCCCC1=O. The Hall–Kier alpha value is -1.85. The number of piperidine rings is 1. The van der Waals surface area contributed by atoms with E-state index >= 15 is 0 Å². The minimum atomic E-state index is -0.686. The zero-order chi connectivity index (χ0) is 16.9. The van der Waals surface area contributed by atoms with Gasteiger partial charge in [-0.1, -0.05) is 41.9 Å². The largest absolute Gasteiger partial charge is 0.458 e. The lowest BCUT2D eigenvalue weighted by molar-refractivity contribution is -0.157. The van der Waals surface area contributed by atoms with Gasteiger partial charge in [-0.05, 0) is 30.5 Å². The molecule has 0 bridgehead atoms. The molecule has 2 heterocycles. The molecule has 0 spiro atoms. The lowest BCUT2D eigenvalue weighted by Gasteiger charge is -2.33. The van der Waals surface area contributed by atoms with Gasteiger partial charge < -0.3 is 9.64 Å². The molecule has 1 fully saturated rings. The van der Waals surface area contributed by atoms with Crippen molar-refractivity contribution in [2.45, 2.75) is 31.9 Å². The summed E-state index contributed by atoms with van der Waals surface area (Å²) in [5.74, 6) is -0.396. The van der Waals surface area contributed by atoms with Gasteiger partial charge in [0, 0.05) is 17.8 Å². The zero-order valence-electron chi connectivity index (χ0n) is 13.1. The number of thiophene rings is 1. The second-order valence-corrected chi connectivity index (χ2v) is 7.47. The van der Waals surface area contributed by atoms with Gasteiger partial charge in [0.1, 0.15) is 6.61 Å². The molecular weight excluding hydrogens is 346 g/mol. The number of rotatable bonds is 5. The van der Waals surface area contributed by atoms with Crippen molar-refractivity contribution < 1.29 is 14.3 Å². The molecule has 1 atom stereocenters. The molecule has 1 aliphatic heterocycles. The highest BCUT2D eigenvalue weighted by atomic mass is 35.5. The van der Waals surface area contributed by atoms with E-state index in [9.17, 15) is 9.59 Å². The Balaban J connectivity index is 1.78. The second kappa shape index (κ2) is 7.81. The Bertz CT molecular complexity index is 716. The van der Waals surface area contributed by atoms with Crippen LogP contribution in [0.15, 0.2) is 42.5 Å². The first-order chi connectivity index (χ1) is 11.6. The van der Waals surface area contributed by atoms with Gasteiger partial charge in [0.05, 0.1) is 4.34 Å². The maximum atomic E-state index is 12.7. The third kappa shape index (κ3) is 3.97. The quantitative estimate of drug-likeness (QED) is 0.748. The number of amides is 1. The van der Waals surface area contributed by atoms with Gasteiger partial charge in [0.25, 0.3) is 0 Å². The molecule has 1 aliphatic rings. The summed E-state index contributed by atoms with van der Waals surface area (Å²) in [5, 5.41) is 0. The number of likely N-dealkylation sites (tertiary alicyclic amines) is 1. The predicted molar refractivity (Wildman–Crippen MR) is 93.9 cm³/mol. The van der Waals surface area contributed by atoms with E-state index in [1.54, 1.807) is 11.0 Å². The van der Waals surface area contributed by atoms with Gasteiger partial charge in [-0.25, -0.2) is 4.79 Å². The van der Waals surface area contributed by atoms with E-state index in [1.807, 2.05) is 36.4 Å². The molecule has 1 aromatic carbocycles. The van der Waals surface area contributed by atoms with Gasteiger partial charge in [-0.3, -0.25) is 4.79 Å². The lowest BCUT2D eigenvalue weighted by atomic mass is 10.0. The molecule has 2 aromatic rings. The molecule has 3 rings (SSSR count). The van der Waals surface area contributed by atoms with Crippen molar-refractivity contribution in [3.63, 3.8) is 0 Å². The van der Waals surface area contributed by atoms with Crippen LogP contribution in [-0.2, 0) is 20.9 Å². The summed E-state index contributed by atoms with van der Waals surface area (Å²) >= 11 is 7.28. The summed E-state index contributed by atoms with van der Waals surface area (Å²) in [4.78, 5) is 27.5. The molecular formula is C18H18ClNO3S. The van der Waals surface area contributed by atoms with Gasteiger partial charge in [0.15, 0.2) is 6.04 Å². The van der Waals surface area contributed by atoms with E-state index in [-0.39, 0.29) is 12.5 Å². The fourth-order valence-corrected chi connectivity index (χ4v) is 3.83. The number of halogens is 1. The monoisotopic (exact) mass is 363 g/mol. The molecule has 1 unspecified atom stereocenters. The lowest BCUT2D eigenvalue weighted by Crippen LogP contribution is -2.42. The molecule has 126 valence electrons. The molecule has 4 nitrogen and oxygen atoms in total. The van der Waals surface area contributed by atoms with Crippen molar-refractivity contribution in [2.24, 2.45) is 0 Å². The topological polar surface area (TPSA) is 46.6 Å². The van der Waals surface area contributed by atoms with Gasteiger partial charge >= 0.3 is 5.97 Å². The van der Waals surface area contributed by atoms with Crippen LogP contribution in [0.4, 0.5) is 0 Å². The highest BCUT2D eigenvalue weighted by Gasteiger charge is 2.33. The molecule has 24 heavy (non-hydrogen) atoms. The Morgan fingerprint density at radius 2 is 2.00 bits per heavy atom. The molecule has 1 amide bonds. The molecule has 0 saturated carbocycles. The highest BCUT2D eigenvalue weighted by Crippen LogP contribution is 2.28. The number of benzene rings is 1. The average Bonchev–Trinajstić information content (AvgIpc) is 3.01. The third-order valence-electron chi connectivity index (χ3n) is 4.00.